The van der Waals surface area contributed by atoms with Crippen molar-refractivity contribution in [3.8, 4) is 0 Å². The third-order valence-electron chi connectivity index (χ3n) is 4.60. The molecule has 0 bridgehead atoms. The molecule has 0 saturated carbocycles. The van der Waals surface area contributed by atoms with Crippen LogP contribution in [0.15, 0.2) is 30.9 Å². The van der Waals surface area contributed by atoms with E-state index in [1.165, 1.54) is 22.4 Å². The van der Waals surface area contributed by atoms with Crippen molar-refractivity contribution in [1.82, 2.24) is 25.1 Å². The summed E-state index contributed by atoms with van der Waals surface area (Å²) < 4.78 is 1.59. The normalized spacial score (nSPS) is 13.0. The lowest BCUT2D eigenvalue weighted by molar-refractivity contribution is 0.0950. The molecule has 8 nitrogen and oxygen atoms in total. The first-order chi connectivity index (χ1) is 13.6. The van der Waals surface area contributed by atoms with Gasteiger partial charge in [0, 0.05) is 24.3 Å². The van der Waals surface area contributed by atoms with Crippen LogP contribution >= 0.6 is 11.3 Å². The summed E-state index contributed by atoms with van der Waals surface area (Å²) >= 11 is 1.49. The van der Waals surface area contributed by atoms with Gasteiger partial charge in [-0.3, -0.25) is 19.3 Å². The van der Waals surface area contributed by atoms with E-state index in [9.17, 15) is 9.59 Å². The van der Waals surface area contributed by atoms with Crippen LogP contribution in [0, 0.1) is 0 Å². The van der Waals surface area contributed by atoms with Crippen LogP contribution in [0.1, 0.15) is 49.8 Å². The van der Waals surface area contributed by atoms with Gasteiger partial charge in [0.2, 0.25) is 0 Å². The Hall–Kier alpha value is -3.07. The standard InChI is InChI=1S/C19H20N6O2S/c1-25-11-22-15(24-25)10-21-18(27)16-13-6-2-3-7-14(13)28-19(16)23-17(26)12-5-4-8-20-9-12/h4-5,8-9,11H,2-3,6-7,10H2,1H3,(H,21,27)(H,23,26). The highest BCUT2D eigenvalue weighted by Gasteiger charge is 2.26. The maximum absolute atomic E-state index is 13.0. The Morgan fingerprint density at radius 1 is 1.25 bits per heavy atom. The third-order valence-corrected chi connectivity index (χ3v) is 5.81. The van der Waals surface area contributed by atoms with Gasteiger partial charge in [-0.05, 0) is 43.4 Å². The Morgan fingerprint density at radius 2 is 2.11 bits per heavy atom. The number of amides is 2. The molecular weight excluding hydrogens is 376 g/mol. The van der Waals surface area contributed by atoms with Crippen LogP contribution in [0.5, 0.6) is 0 Å². The molecule has 0 aromatic carbocycles. The van der Waals surface area contributed by atoms with Crippen LogP contribution < -0.4 is 10.6 Å². The second-order valence-corrected chi connectivity index (χ2v) is 7.73. The van der Waals surface area contributed by atoms with E-state index in [2.05, 4.69) is 25.7 Å². The molecule has 3 aromatic rings. The number of nitrogens with one attached hydrogen (secondary N) is 2. The van der Waals surface area contributed by atoms with Crippen LogP contribution in [-0.4, -0.2) is 31.6 Å². The Balaban J connectivity index is 1.58. The van der Waals surface area contributed by atoms with Gasteiger partial charge in [0.1, 0.15) is 11.3 Å². The van der Waals surface area contributed by atoms with Gasteiger partial charge < -0.3 is 10.6 Å². The molecule has 0 spiro atoms. The van der Waals surface area contributed by atoms with Crippen molar-refractivity contribution in [3.05, 3.63) is 58.2 Å². The van der Waals surface area contributed by atoms with E-state index in [1.807, 2.05) is 0 Å². The Morgan fingerprint density at radius 3 is 2.86 bits per heavy atom. The van der Waals surface area contributed by atoms with Gasteiger partial charge in [-0.2, -0.15) is 5.10 Å². The van der Waals surface area contributed by atoms with Crippen molar-refractivity contribution in [1.29, 1.82) is 0 Å². The first-order valence-corrected chi connectivity index (χ1v) is 9.92. The predicted molar refractivity (Wildman–Crippen MR) is 105 cm³/mol. The number of hydrogen-bond donors (Lipinski definition) is 2. The van der Waals surface area contributed by atoms with Gasteiger partial charge in [0.15, 0.2) is 5.82 Å². The Labute approximate surface area is 166 Å². The number of aromatic nitrogens is 4. The molecule has 0 fully saturated rings. The highest BCUT2D eigenvalue weighted by atomic mass is 32.1. The first-order valence-electron chi connectivity index (χ1n) is 9.10. The fraction of sp³-hybridized carbons (Fsp3) is 0.316. The maximum atomic E-state index is 13.0. The summed E-state index contributed by atoms with van der Waals surface area (Å²) in [6.45, 7) is 0.236. The minimum absolute atomic E-state index is 0.215. The minimum Gasteiger partial charge on any atom is -0.345 e. The smallest absolute Gasteiger partial charge is 0.257 e. The highest BCUT2D eigenvalue weighted by molar-refractivity contribution is 7.17. The number of anilines is 1. The number of aryl methyl sites for hydroxylation is 2. The highest BCUT2D eigenvalue weighted by Crippen LogP contribution is 2.38. The summed E-state index contributed by atoms with van der Waals surface area (Å²) in [5, 5.41) is 10.6. The molecule has 0 atom stereocenters. The molecule has 0 saturated heterocycles. The predicted octanol–water partition coefficient (Wildman–Crippen LogP) is 2.33. The van der Waals surface area contributed by atoms with E-state index in [-0.39, 0.29) is 18.4 Å². The fourth-order valence-electron chi connectivity index (χ4n) is 3.28. The monoisotopic (exact) mass is 396 g/mol. The van der Waals surface area contributed by atoms with Crippen molar-refractivity contribution in [2.24, 2.45) is 7.05 Å². The van der Waals surface area contributed by atoms with Gasteiger partial charge in [-0.25, -0.2) is 4.98 Å². The van der Waals surface area contributed by atoms with E-state index < -0.39 is 0 Å². The van der Waals surface area contributed by atoms with E-state index in [1.54, 1.807) is 36.4 Å². The molecule has 9 heteroatoms. The van der Waals surface area contributed by atoms with E-state index in [0.717, 1.165) is 31.2 Å². The molecule has 1 aliphatic carbocycles. The molecule has 3 aromatic heterocycles. The van der Waals surface area contributed by atoms with Crippen LogP contribution in [-0.2, 0) is 26.4 Å². The zero-order chi connectivity index (χ0) is 19.5. The third kappa shape index (κ3) is 3.79. The van der Waals surface area contributed by atoms with E-state index in [0.29, 0.717) is 22.0 Å². The Bertz CT molecular complexity index is 1010. The first kappa shape index (κ1) is 18.3. The lowest BCUT2D eigenvalue weighted by Gasteiger charge is -2.13. The Kier molecular flexibility index (Phi) is 5.16. The number of fused-ring (bicyclic) bond motifs is 1. The van der Waals surface area contributed by atoms with Crippen molar-refractivity contribution in [2.75, 3.05) is 5.32 Å². The molecule has 1 aliphatic rings. The second-order valence-electron chi connectivity index (χ2n) is 6.63. The molecule has 3 heterocycles. The number of carbonyl (C=O) groups is 2. The largest absolute Gasteiger partial charge is 0.345 e. The second kappa shape index (κ2) is 7.89. The van der Waals surface area contributed by atoms with Gasteiger partial charge in [0.05, 0.1) is 17.7 Å². The molecule has 0 aliphatic heterocycles. The van der Waals surface area contributed by atoms with Crippen LogP contribution in [0.25, 0.3) is 0 Å². The van der Waals surface area contributed by atoms with Crippen molar-refractivity contribution in [2.45, 2.75) is 32.2 Å². The van der Waals surface area contributed by atoms with Crippen LogP contribution in [0.4, 0.5) is 5.00 Å². The summed E-state index contributed by atoms with van der Waals surface area (Å²) in [7, 11) is 1.78. The summed E-state index contributed by atoms with van der Waals surface area (Å²) in [5.74, 6) is 0.0568. The van der Waals surface area contributed by atoms with Gasteiger partial charge in [0.25, 0.3) is 11.8 Å². The van der Waals surface area contributed by atoms with Crippen LogP contribution in [0.2, 0.25) is 0 Å². The molecule has 0 unspecified atom stereocenters. The average Bonchev–Trinajstić information content (AvgIpc) is 3.29. The number of thiophene rings is 1. The molecule has 4 rings (SSSR count). The molecular formula is C19H20N6O2S. The summed E-state index contributed by atoms with van der Waals surface area (Å²) in [6.07, 6.45) is 8.64. The SMILES string of the molecule is Cn1cnc(CNC(=O)c2c(NC(=O)c3cccnc3)sc3c2CCCC3)n1. The van der Waals surface area contributed by atoms with E-state index in [4.69, 9.17) is 0 Å². The molecule has 144 valence electrons. The molecule has 2 N–H and O–H groups in total. The fourth-order valence-corrected chi connectivity index (χ4v) is 4.56. The van der Waals surface area contributed by atoms with Gasteiger partial charge in [-0.15, -0.1) is 11.3 Å². The lowest BCUT2D eigenvalue weighted by Crippen LogP contribution is -2.26. The van der Waals surface area contributed by atoms with E-state index >= 15 is 0 Å². The zero-order valence-corrected chi connectivity index (χ0v) is 16.3. The molecule has 28 heavy (non-hydrogen) atoms. The average molecular weight is 396 g/mol. The number of nitrogens with zero attached hydrogens (tertiary/aromatic N) is 4. The summed E-state index contributed by atoms with van der Waals surface area (Å²) in [5.41, 5.74) is 2.06. The maximum Gasteiger partial charge on any atom is 0.257 e. The lowest BCUT2D eigenvalue weighted by atomic mass is 9.95. The topological polar surface area (TPSA) is 102 Å². The summed E-state index contributed by atoms with van der Waals surface area (Å²) in [4.78, 5) is 34.8. The van der Waals surface area contributed by atoms with Crippen molar-refractivity contribution < 1.29 is 9.59 Å². The molecule has 0 radical (unpaired) electrons. The van der Waals surface area contributed by atoms with Gasteiger partial charge >= 0.3 is 0 Å². The number of rotatable bonds is 5. The van der Waals surface area contributed by atoms with Crippen LogP contribution in [0.3, 0.4) is 0 Å². The number of hydrogen-bond acceptors (Lipinski definition) is 6. The van der Waals surface area contributed by atoms with Crippen molar-refractivity contribution >= 4 is 28.2 Å². The molecule has 2 amide bonds. The van der Waals surface area contributed by atoms with Crippen molar-refractivity contribution in [3.63, 3.8) is 0 Å². The quantitative estimate of drug-likeness (QED) is 0.689. The zero-order valence-electron chi connectivity index (χ0n) is 15.4. The summed E-state index contributed by atoms with van der Waals surface area (Å²) in [6, 6.07) is 3.41. The number of carbonyl (C=O) groups excluding carboxylic acids is 2. The van der Waals surface area contributed by atoms with Gasteiger partial charge in [-0.1, -0.05) is 0 Å². The minimum atomic E-state index is -0.271. The number of pyridine rings is 1.